The molecule has 0 aromatic heterocycles. The van der Waals surface area contributed by atoms with Gasteiger partial charge in [0.2, 0.25) is 5.91 Å². The van der Waals surface area contributed by atoms with E-state index in [2.05, 4.69) is 10.1 Å². The Bertz CT molecular complexity index is 357. The van der Waals surface area contributed by atoms with Crippen molar-refractivity contribution in [3.63, 3.8) is 0 Å². The molecule has 2 atom stereocenters. The van der Waals surface area contributed by atoms with Crippen LogP contribution in [0.4, 0.5) is 0 Å². The van der Waals surface area contributed by atoms with Gasteiger partial charge in [-0.3, -0.25) is 14.5 Å². The molecule has 108 valence electrons. The maximum atomic E-state index is 11.6. The molecule has 6 heteroatoms. The Hall–Kier alpha value is -1.43. The second-order valence-corrected chi connectivity index (χ2v) is 4.86. The van der Waals surface area contributed by atoms with Gasteiger partial charge >= 0.3 is 5.97 Å². The van der Waals surface area contributed by atoms with E-state index >= 15 is 0 Å². The van der Waals surface area contributed by atoms with Crippen LogP contribution in [0.25, 0.3) is 0 Å². The summed E-state index contributed by atoms with van der Waals surface area (Å²) in [7, 11) is 1.30. The number of carbonyl (C=O) groups excluding carboxylic acids is 3. The molecule has 1 saturated heterocycles. The van der Waals surface area contributed by atoms with Crippen LogP contribution in [0.1, 0.15) is 26.7 Å². The molecule has 0 aromatic rings. The molecule has 1 aliphatic heterocycles. The predicted molar refractivity (Wildman–Crippen MR) is 69.5 cm³/mol. The highest BCUT2D eigenvalue weighted by atomic mass is 16.5. The number of amides is 1. The number of rotatable bonds is 5. The molecule has 1 fully saturated rings. The zero-order valence-corrected chi connectivity index (χ0v) is 11.8. The normalized spacial score (nSPS) is 21.8. The number of likely N-dealkylation sites (tertiary alicyclic amines) is 1. The predicted octanol–water partition coefficient (Wildman–Crippen LogP) is -0.0349. The quantitative estimate of drug-likeness (QED) is 0.710. The van der Waals surface area contributed by atoms with E-state index in [0.717, 1.165) is 6.42 Å². The number of ether oxygens (including phenoxy) is 1. The molecule has 1 heterocycles. The van der Waals surface area contributed by atoms with Crippen LogP contribution in [0.3, 0.4) is 0 Å². The fraction of sp³-hybridized carbons (Fsp3) is 0.769. The zero-order chi connectivity index (χ0) is 14.4. The molecule has 0 saturated carbocycles. The van der Waals surface area contributed by atoms with Crippen LogP contribution in [0.5, 0.6) is 0 Å². The van der Waals surface area contributed by atoms with Crippen molar-refractivity contribution in [3.05, 3.63) is 0 Å². The lowest BCUT2D eigenvalue weighted by atomic mass is 9.94. The molecule has 0 bridgehead atoms. The molecule has 0 aliphatic carbocycles. The topological polar surface area (TPSA) is 75.7 Å². The van der Waals surface area contributed by atoms with Crippen LogP contribution in [-0.4, -0.2) is 55.3 Å². The van der Waals surface area contributed by atoms with E-state index in [9.17, 15) is 14.4 Å². The lowest BCUT2D eigenvalue weighted by molar-refractivity contribution is -0.145. The Labute approximate surface area is 113 Å². The van der Waals surface area contributed by atoms with Gasteiger partial charge in [-0.1, -0.05) is 6.92 Å². The molecule has 2 unspecified atom stereocenters. The number of nitrogens with one attached hydrogen (secondary N) is 1. The van der Waals surface area contributed by atoms with E-state index in [-0.39, 0.29) is 17.6 Å². The molecule has 1 aliphatic rings. The molecular formula is C13H22N2O4. The van der Waals surface area contributed by atoms with Crippen LogP contribution in [0, 0.1) is 5.92 Å². The van der Waals surface area contributed by atoms with E-state index in [1.54, 1.807) is 0 Å². The summed E-state index contributed by atoms with van der Waals surface area (Å²) in [5.41, 5.74) is 0. The van der Waals surface area contributed by atoms with Gasteiger partial charge in [0.15, 0.2) is 0 Å². The van der Waals surface area contributed by atoms with Gasteiger partial charge in [-0.25, -0.2) is 4.79 Å². The van der Waals surface area contributed by atoms with Gasteiger partial charge in [0, 0.05) is 38.9 Å². The standard InChI is InChI=1S/C13H22N2O4/c1-4-10-7-15(6-5-12(10)17)8-11(13(18)19-3)14-9(2)16/h10-11H,4-8H2,1-3H3,(H,14,16). The van der Waals surface area contributed by atoms with Crippen molar-refractivity contribution in [2.75, 3.05) is 26.7 Å². The average Bonchev–Trinajstić information content (AvgIpc) is 2.38. The summed E-state index contributed by atoms with van der Waals surface area (Å²) in [6.07, 6.45) is 1.31. The number of esters is 1. The molecule has 0 aromatic carbocycles. The summed E-state index contributed by atoms with van der Waals surface area (Å²) in [5, 5.41) is 2.58. The fourth-order valence-corrected chi connectivity index (χ4v) is 2.32. The molecule has 6 nitrogen and oxygen atoms in total. The first-order chi connectivity index (χ1) is 8.97. The number of hydrogen-bond donors (Lipinski definition) is 1. The molecule has 1 amide bonds. The molecule has 1 N–H and O–H groups in total. The number of hydrogen-bond acceptors (Lipinski definition) is 5. The summed E-state index contributed by atoms with van der Waals surface area (Å²) in [6, 6.07) is -0.673. The highest BCUT2D eigenvalue weighted by Crippen LogP contribution is 2.16. The Morgan fingerprint density at radius 3 is 2.74 bits per heavy atom. The van der Waals surface area contributed by atoms with Crippen molar-refractivity contribution < 1.29 is 19.1 Å². The third-order valence-electron chi connectivity index (χ3n) is 3.41. The Morgan fingerprint density at radius 2 is 2.21 bits per heavy atom. The van der Waals surface area contributed by atoms with Gasteiger partial charge in [-0.2, -0.15) is 0 Å². The Kier molecular flexibility index (Phi) is 5.95. The number of piperidine rings is 1. The van der Waals surface area contributed by atoms with E-state index in [1.165, 1.54) is 14.0 Å². The molecule has 19 heavy (non-hydrogen) atoms. The number of Topliss-reactive ketones (excluding diaryl/α,β-unsaturated/α-hetero) is 1. The minimum Gasteiger partial charge on any atom is -0.467 e. The summed E-state index contributed by atoms with van der Waals surface area (Å²) in [6.45, 7) is 5.00. The zero-order valence-electron chi connectivity index (χ0n) is 11.8. The number of carbonyl (C=O) groups is 3. The van der Waals surface area contributed by atoms with Gasteiger partial charge in [-0.15, -0.1) is 0 Å². The van der Waals surface area contributed by atoms with Crippen molar-refractivity contribution >= 4 is 17.7 Å². The molecule has 0 spiro atoms. The van der Waals surface area contributed by atoms with Crippen LogP contribution in [0.15, 0.2) is 0 Å². The average molecular weight is 270 g/mol. The second-order valence-electron chi connectivity index (χ2n) is 4.86. The van der Waals surface area contributed by atoms with E-state index in [1.807, 2.05) is 11.8 Å². The minimum atomic E-state index is -0.673. The summed E-state index contributed by atoms with van der Waals surface area (Å²) < 4.78 is 4.68. The maximum Gasteiger partial charge on any atom is 0.329 e. The van der Waals surface area contributed by atoms with Gasteiger partial charge in [0.1, 0.15) is 11.8 Å². The van der Waals surface area contributed by atoms with Crippen molar-refractivity contribution in [2.24, 2.45) is 5.92 Å². The lowest BCUT2D eigenvalue weighted by Gasteiger charge is -2.33. The largest absolute Gasteiger partial charge is 0.467 e. The third-order valence-corrected chi connectivity index (χ3v) is 3.41. The smallest absolute Gasteiger partial charge is 0.329 e. The summed E-state index contributed by atoms with van der Waals surface area (Å²) >= 11 is 0. The van der Waals surface area contributed by atoms with Crippen LogP contribution >= 0.6 is 0 Å². The molecule has 0 radical (unpaired) electrons. The number of ketones is 1. The van der Waals surface area contributed by atoms with Crippen LogP contribution in [0.2, 0.25) is 0 Å². The summed E-state index contributed by atoms with van der Waals surface area (Å²) in [4.78, 5) is 36.4. The van der Waals surface area contributed by atoms with Crippen LogP contribution in [-0.2, 0) is 19.1 Å². The second kappa shape index (κ2) is 7.23. The molecule has 1 rings (SSSR count). The highest BCUT2D eigenvalue weighted by Gasteiger charge is 2.29. The lowest BCUT2D eigenvalue weighted by Crippen LogP contribution is -2.51. The minimum absolute atomic E-state index is 0.0318. The Morgan fingerprint density at radius 1 is 1.53 bits per heavy atom. The SMILES string of the molecule is CCC1CN(CC(NC(C)=O)C(=O)OC)CCC1=O. The van der Waals surface area contributed by atoms with Crippen molar-refractivity contribution in [2.45, 2.75) is 32.7 Å². The van der Waals surface area contributed by atoms with E-state index < -0.39 is 12.0 Å². The Balaban J connectivity index is 2.61. The first-order valence-electron chi connectivity index (χ1n) is 6.57. The molecular weight excluding hydrogens is 248 g/mol. The fourth-order valence-electron chi connectivity index (χ4n) is 2.32. The van der Waals surface area contributed by atoms with Gasteiger partial charge in [0.25, 0.3) is 0 Å². The first-order valence-corrected chi connectivity index (χ1v) is 6.57. The van der Waals surface area contributed by atoms with Crippen molar-refractivity contribution in [1.82, 2.24) is 10.2 Å². The summed E-state index contributed by atoms with van der Waals surface area (Å²) in [5.74, 6) is -0.409. The third kappa shape index (κ3) is 4.63. The van der Waals surface area contributed by atoms with Gasteiger partial charge in [0.05, 0.1) is 7.11 Å². The van der Waals surface area contributed by atoms with E-state index in [4.69, 9.17) is 0 Å². The van der Waals surface area contributed by atoms with E-state index in [0.29, 0.717) is 26.1 Å². The number of nitrogens with zero attached hydrogens (tertiary/aromatic N) is 1. The maximum absolute atomic E-state index is 11.6. The van der Waals surface area contributed by atoms with Gasteiger partial charge < -0.3 is 10.1 Å². The van der Waals surface area contributed by atoms with Gasteiger partial charge in [-0.05, 0) is 6.42 Å². The first kappa shape index (κ1) is 15.6. The highest BCUT2D eigenvalue weighted by molar-refractivity contribution is 5.84. The number of methoxy groups -OCH3 is 1. The van der Waals surface area contributed by atoms with Crippen molar-refractivity contribution in [3.8, 4) is 0 Å². The van der Waals surface area contributed by atoms with Crippen molar-refractivity contribution in [1.29, 1.82) is 0 Å². The van der Waals surface area contributed by atoms with Crippen LogP contribution < -0.4 is 5.32 Å². The monoisotopic (exact) mass is 270 g/mol.